The van der Waals surface area contributed by atoms with Crippen molar-refractivity contribution < 1.29 is 14.3 Å². The third-order valence-corrected chi connectivity index (χ3v) is 4.00. The minimum atomic E-state index is -0.388. The Balaban J connectivity index is 1.67. The van der Waals surface area contributed by atoms with E-state index in [4.69, 9.17) is 4.74 Å². The lowest BCUT2D eigenvalue weighted by molar-refractivity contribution is 0.0526. The molecule has 6 heteroatoms. The Morgan fingerprint density at radius 3 is 2.29 bits per heavy atom. The molecule has 1 amide bonds. The summed E-state index contributed by atoms with van der Waals surface area (Å²) in [5, 5.41) is 5.99. The fourth-order valence-corrected chi connectivity index (χ4v) is 2.53. The highest BCUT2D eigenvalue weighted by Crippen LogP contribution is 2.17. The number of rotatable bonds is 6. The van der Waals surface area contributed by atoms with Crippen LogP contribution in [0.2, 0.25) is 0 Å². The fourth-order valence-electron chi connectivity index (χ4n) is 2.53. The number of hydrogen-bond donors (Lipinski definition) is 2. The van der Waals surface area contributed by atoms with Gasteiger partial charge in [-0.15, -0.1) is 0 Å². The van der Waals surface area contributed by atoms with Gasteiger partial charge in [-0.2, -0.15) is 0 Å². The second kappa shape index (κ2) is 8.81. The fraction of sp³-hybridized carbons (Fsp3) is 0.136. The van der Waals surface area contributed by atoms with Gasteiger partial charge in [0.25, 0.3) is 5.91 Å². The Hall–Kier alpha value is -3.67. The van der Waals surface area contributed by atoms with E-state index in [1.807, 2.05) is 31.2 Å². The summed E-state index contributed by atoms with van der Waals surface area (Å²) in [5.74, 6) is -0.0752. The van der Waals surface area contributed by atoms with Gasteiger partial charge >= 0.3 is 5.97 Å². The Kier molecular flexibility index (Phi) is 6.01. The van der Waals surface area contributed by atoms with E-state index in [1.54, 1.807) is 49.5 Å². The average Bonchev–Trinajstić information content (AvgIpc) is 2.71. The summed E-state index contributed by atoms with van der Waals surface area (Å²) >= 11 is 0. The van der Waals surface area contributed by atoms with Crippen molar-refractivity contribution >= 4 is 29.1 Å². The van der Waals surface area contributed by atoms with Crippen LogP contribution in [0.15, 0.2) is 66.9 Å². The van der Waals surface area contributed by atoms with E-state index < -0.39 is 0 Å². The van der Waals surface area contributed by atoms with E-state index >= 15 is 0 Å². The molecule has 0 spiro atoms. The Bertz CT molecular complexity index is 967. The molecule has 0 radical (unpaired) electrons. The molecule has 0 bridgehead atoms. The van der Waals surface area contributed by atoms with Crippen molar-refractivity contribution in [3.63, 3.8) is 0 Å². The number of nitrogens with one attached hydrogen (secondary N) is 2. The van der Waals surface area contributed by atoms with Crippen molar-refractivity contribution in [2.75, 3.05) is 17.2 Å². The molecule has 0 saturated carbocycles. The Morgan fingerprint density at radius 1 is 0.929 bits per heavy atom. The summed E-state index contributed by atoms with van der Waals surface area (Å²) < 4.78 is 4.95. The lowest BCUT2D eigenvalue weighted by Crippen LogP contribution is -2.12. The number of aryl methyl sites for hydroxylation is 1. The van der Waals surface area contributed by atoms with Crippen LogP contribution in [0.3, 0.4) is 0 Å². The van der Waals surface area contributed by atoms with Crippen molar-refractivity contribution in [2.45, 2.75) is 13.8 Å². The van der Waals surface area contributed by atoms with E-state index in [9.17, 15) is 9.59 Å². The minimum Gasteiger partial charge on any atom is -0.462 e. The number of pyridine rings is 1. The molecule has 0 unspecified atom stereocenters. The number of benzene rings is 2. The van der Waals surface area contributed by atoms with Crippen LogP contribution in [-0.4, -0.2) is 23.5 Å². The first-order valence-electron chi connectivity index (χ1n) is 8.93. The van der Waals surface area contributed by atoms with Gasteiger partial charge in [-0.1, -0.05) is 17.7 Å². The molecule has 0 aliphatic carbocycles. The van der Waals surface area contributed by atoms with Gasteiger partial charge in [0.1, 0.15) is 5.82 Å². The smallest absolute Gasteiger partial charge is 0.338 e. The van der Waals surface area contributed by atoms with E-state index in [0.717, 1.165) is 5.69 Å². The zero-order chi connectivity index (χ0) is 19.9. The predicted molar refractivity (Wildman–Crippen MR) is 109 cm³/mol. The third-order valence-electron chi connectivity index (χ3n) is 4.00. The lowest BCUT2D eigenvalue weighted by atomic mass is 10.2. The quantitative estimate of drug-likeness (QED) is 0.617. The molecule has 0 aliphatic heterocycles. The first-order valence-corrected chi connectivity index (χ1v) is 8.93. The molecular formula is C22H21N3O3. The molecule has 6 nitrogen and oxygen atoms in total. The van der Waals surface area contributed by atoms with Crippen LogP contribution in [0.25, 0.3) is 0 Å². The topological polar surface area (TPSA) is 80.3 Å². The molecule has 142 valence electrons. The van der Waals surface area contributed by atoms with Gasteiger partial charge in [0.2, 0.25) is 0 Å². The molecule has 0 fully saturated rings. The van der Waals surface area contributed by atoms with E-state index in [0.29, 0.717) is 29.2 Å². The molecule has 0 atom stereocenters. The highest BCUT2D eigenvalue weighted by molar-refractivity contribution is 6.04. The van der Waals surface area contributed by atoms with Gasteiger partial charge in [0.05, 0.1) is 12.2 Å². The monoisotopic (exact) mass is 375 g/mol. The number of anilines is 3. The SMILES string of the molecule is CCOC(=O)c1ccc(NC(=O)c2ccnc(Nc3ccc(C)cc3)c2)cc1. The van der Waals surface area contributed by atoms with Crippen molar-refractivity contribution in [1.29, 1.82) is 0 Å². The third kappa shape index (κ3) is 4.94. The number of hydrogen-bond acceptors (Lipinski definition) is 5. The maximum Gasteiger partial charge on any atom is 0.338 e. The van der Waals surface area contributed by atoms with Gasteiger partial charge in [-0.25, -0.2) is 9.78 Å². The van der Waals surface area contributed by atoms with E-state index in [-0.39, 0.29) is 11.9 Å². The summed E-state index contributed by atoms with van der Waals surface area (Å²) in [6.07, 6.45) is 1.58. The highest BCUT2D eigenvalue weighted by Gasteiger charge is 2.10. The van der Waals surface area contributed by atoms with E-state index in [2.05, 4.69) is 15.6 Å². The number of carbonyl (C=O) groups excluding carboxylic acids is 2. The molecule has 0 aliphatic rings. The van der Waals surface area contributed by atoms with Crippen LogP contribution in [0.1, 0.15) is 33.2 Å². The summed E-state index contributed by atoms with van der Waals surface area (Å²) in [6.45, 7) is 4.09. The zero-order valence-electron chi connectivity index (χ0n) is 15.7. The number of carbonyl (C=O) groups is 2. The Morgan fingerprint density at radius 2 is 1.61 bits per heavy atom. The molecule has 28 heavy (non-hydrogen) atoms. The summed E-state index contributed by atoms with van der Waals surface area (Å²) in [4.78, 5) is 28.5. The predicted octanol–water partition coefficient (Wildman–Crippen LogP) is 4.56. The zero-order valence-corrected chi connectivity index (χ0v) is 15.7. The van der Waals surface area contributed by atoms with Gasteiger partial charge in [-0.05, 0) is 62.4 Å². The van der Waals surface area contributed by atoms with Crippen molar-refractivity contribution in [3.8, 4) is 0 Å². The van der Waals surface area contributed by atoms with E-state index in [1.165, 1.54) is 5.56 Å². The maximum atomic E-state index is 12.5. The second-order valence-electron chi connectivity index (χ2n) is 6.17. The summed E-state index contributed by atoms with van der Waals surface area (Å²) in [7, 11) is 0. The minimum absolute atomic E-state index is 0.266. The number of ether oxygens (including phenoxy) is 1. The van der Waals surface area contributed by atoms with Crippen LogP contribution in [0, 0.1) is 6.92 Å². The lowest BCUT2D eigenvalue weighted by Gasteiger charge is -2.09. The maximum absolute atomic E-state index is 12.5. The number of amides is 1. The van der Waals surface area contributed by atoms with Gasteiger partial charge in [0.15, 0.2) is 0 Å². The summed E-state index contributed by atoms with van der Waals surface area (Å²) in [6, 6.07) is 17.8. The molecule has 1 heterocycles. The highest BCUT2D eigenvalue weighted by atomic mass is 16.5. The van der Waals surface area contributed by atoms with Gasteiger partial charge in [0, 0.05) is 23.1 Å². The first-order chi connectivity index (χ1) is 13.5. The normalized spacial score (nSPS) is 10.2. The standard InChI is InChI=1S/C22H21N3O3/c1-3-28-22(27)16-6-10-19(11-7-16)25-21(26)17-12-13-23-20(14-17)24-18-8-4-15(2)5-9-18/h4-14H,3H2,1-2H3,(H,23,24)(H,25,26). The Labute approximate surface area is 163 Å². The van der Waals surface area contributed by atoms with Crippen LogP contribution < -0.4 is 10.6 Å². The van der Waals surface area contributed by atoms with Crippen LogP contribution in [0.5, 0.6) is 0 Å². The second-order valence-corrected chi connectivity index (χ2v) is 6.17. The molecular weight excluding hydrogens is 354 g/mol. The number of nitrogens with zero attached hydrogens (tertiary/aromatic N) is 1. The van der Waals surface area contributed by atoms with Crippen molar-refractivity contribution in [3.05, 3.63) is 83.6 Å². The summed E-state index contributed by atoms with van der Waals surface area (Å²) in [5.41, 5.74) is 3.56. The molecule has 1 aromatic heterocycles. The number of esters is 1. The van der Waals surface area contributed by atoms with Crippen molar-refractivity contribution in [2.24, 2.45) is 0 Å². The number of aromatic nitrogens is 1. The molecule has 3 rings (SSSR count). The van der Waals surface area contributed by atoms with Gasteiger partial charge < -0.3 is 15.4 Å². The molecule has 2 aromatic carbocycles. The molecule has 3 aromatic rings. The molecule has 0 saturated heterocycles. The van der Waals surface area contributed by atoms with Crippen LogP contribution >= 0.6 is 0 Å². The molecule has 2 N–H and O–H groups in total. The van der Waals surface area contributed by atoms with Gasteiger partial charge in [-0.3, -0.25) is 4.79 Å². The van der Waals surface area contributed by atoms with Crippen LogP contribution in [-0.2, 0) is 4.74 Å². The largest absolute Gasteiger partial charge is 0.462 e. The van der Waals surface area contributed by atoms with Crippen molar-refractivity contribution in [1.82, 2.24) is 4.98 Å². The van der Waals surface area contributed by atoms with Crippen LogP contribution in [0.4, 0.5) is 17.2 Å². The average molecular weight is 375 g/mol. The first kappa shape index (κ1) is 19.1.